The van der Waals surface area contributed by atoms with Gasteiger partial charge in [0.25, 0.3) is 5.91 Å². The molecule has 1 saturated carbocycles. The molecule has 3 aromatic rings. The van der Waals surface area contributed by atoms with Crippen molar-refractivity contribution in [2.75, 3.05) is 0 Å². The molecule has 1 N–H and O–H groups in total. The topological polar surface area (TPSA) is 72.7 Å². The molecule has 6 nitrogen and oxygen atoms in total. The van der Waals surface area contributed by atoms with Crippen LogP contribution in [0.3, 0.4) is 0 Å². The fraction of sp³-hybridized carbons (Fsp3) is 0.333. The summed E-state index contributed by atoms with van der Waals surface area (Å²) < 4.78 is 2.54. The van der Waals surface area contributed by atoms with Crippen LogP contribution in [-0.2, 0) is 6.54 Å². The number of carbonyl (C=O) groups is 1. The van der Waals surface area contributed by atoms with Gasteiger partial charge in [0.05, 0.1) is 16.6 Å². The average molecular weight is 390 g/mol. The molecule has 8 heteroatoms. The molecule has 4 heterocycles. The monoisotopic (exact) mass is 389 g/mol. The van der Waals surface area contributed by atoms with Gasteiger partial charge < -0.3 is 5.32 Å². The lowest BCUT2D eigenvalue weighted by atomic mass is 9.75. The Bertz CT molecular complexity index is 958. The Morgan fingerprint density at radius 2 is 2.17 bits per heavy atom. The number of nitrogens with one attached hydrogen (secondary N) is 1. The number of carbonyl (C=O) groups excluding carboxylic acids is 1. The lowest BCUT2D eigenvalue weighted by Gasteiger charge is -2.45. The quantitative estimate of drug-likeness (QED) is 0.694. The summed E-state index contributed by atoms with van der Waals surface area (Å²) in [7, 11) is 0. The van der Waals surface area contributed by atoms with Crippen molar-refractivity contribution in [2.24, 2.45) is 0 Å². The molecule has 23 heavy (non-hydrogen) atoms. The van der Waals surface area contributed by atoms with Crippen molar-refractivity contribution >= 4 is 43.4 Å². The van der Waals surface area contributed by atoms with Crippen molar-refractivity contribution in [1.29, 1.82) is 0 Å². The SMILES string of the molecule is O=C1NC2(CCC2)Cn2nc(-c3ncnc4sccc34)c(Br)c21. The number of fused-ring (bicyclic) bond motifs is 2. The highest BCUT2D eigenvalue weighted by molar-refractivity contribution is 9.10. The molecule has 0 bridgehead atoms. The second-order valence-electron chi connectivity index (χ2n) is 6.12. The van der Waals surface area contributed by atoms with E-state index in [1.165, 1.54) is 0 Å². The van der Waals surface area contributed by atoms with Crippen LogP contribution < -0.4 is 5.32 Å². The summed E-state index contributed by atoms with van der Waals surface area (Å²) in [5.41, 5.74) is 1.95. The number of hydrogen-bond acceptors (Lipinski definition) is 5. The van der Waals surface area contributed by atoms with Crippen LogP contribution in [0.15, 0.2) is 22.2 Å². The largest absolute Gasteiger partial charge is 0.343 e. The summed E-state index contributed by atoms with van der Waals surface area (Å²) in [5, 5.41) is 10.8. The second-order valence-corrected chi connectivity index (χ2v) is 7.81. The van der Waals surface area contributed by atoms with Crippen molar-refractivity contribution in [2.45, 2.75) is 31.3 Å². The summed E-state index contributed by atoms with van der Waals surface area (Å²) in [6.45, 7) is 0.727. The zero-order chi connectivity index (χ0) is 15.6. The molecule has 1 aliphatic heterocycles. The van der Waals surface area contributed by atoms with Crippen LogP contribution >= 0.6 is 27.3 Å². The molecule has 0 radical (unpaired) electrons. The van der Waals surface area contributed by atoms with Crippen LogP contribution in [0.2, 0.25) is 0 Å². The van der Waals surface area contributed by atoms with E-state index in [0.717, 1.165) is 41.7 Å². The molecular weight excluding hydrogens is 378 g/mol. The van der Waals surface area contributed by atoms with Gasteiger partial charge in [-0.05, 0) is 46.6 Å². The van der Waals surface area contributed by atoms with Gasteiger partial charge in [0.15, 0.2) is 0 Å². The Hall–Kier alpha value is -1.80. The highest BCUT2D eigenvalue weighted by Crippen LogP contribution is 2.40. The summed E-state index contributed by atoms with van der Waals surface area (Å²) in [4.78, 5) is 22.1. The summed E-state index contributed by atoms with van der Waals surface area (Å²) in [6.07, 6.45) is 4.75. The van der Waals surface area contributed by atoms with E-state index in [1.54, 1.807) is 17.7 Å². The van der Waals surface area contributed by atoms with Crippen molar-refractivity contribution in [3.63, 3.8) is 0 Å². The van der Waals surface area contributed by atoms with Gasteiger partial charge in [0.1, 0.15) is 28.2 Å². The van der Waals surface area contributed by atoms with E-state index in [0.29, 0.717) is 15.9 Å². The minimum absolute atomic E-state index is 0.0582. The highest BCUT2D eigenvalue weighted by atomic mass is 79.9. The van der Waals surface area contributed by atoms with Crippen LogP contribution in [0.1, 0.15) is 29.8 Å². The van der Waals surface area contributed by atoms with Crippen LogP contribution in [0.25, 0.3) is 21.6 Å². The van der Waals surface area contributed by atoms with E-state index in [9.17, 15) is 4.79 Å². The average Bonchev–Trinajstić information content (AvgIpc) is 3.10. The van der Waals surface area contributed by atoms with Crippen LogP contribution in [-0.4, -0.2) is 31.2 Å². The molecule has 1 amide bonds. The van der Waals surface area contributed by atoms with Gasteiger partial charge >= 0.3 is 0 Å². The zero-order valence-electron chi connectivity index (χ0n) is 12.0. The van der Waals surface area contributed by atoms with Gasteiger partial charge in [0.2, 0.25) is 0 Å². The molecule has 0 saturated heterocycles. The third-order valence-electron chi connectivity index (χ3n) is 4.74. The number of nitrogens with zero attached hydrogens (tertiary/aromatic N) is 4. The third-order valence-corrected chi connectivity index (χ3v) is 6.31. The van der Waals surface area contributed by atoms with E-state index >= 15 is 0 Å². The molecule has 1 spiro atoms. The standard InChI is InChI=1S/C15H12BrN5OS/c16-9-11(10-8-2-5-23-14(8)18-7-17-10)20-21-6-15(3-1-4-15)19-13(22)12(9)21/h2,5,7H,1,3-4,6H2,(H,19,22). The van der Waals surface area contributed by atoms with Crippen molar-refractivity contribution < 1.29 is 4.79 Å². The first-order valence-electron chi connectivity index (χ1n) is 7.44. The Morgan fingerprint density at radius 3 is 2.96 bits per heavy atom. The smallest absolute Gasteiger partial charge is 0.271 e. The molecule has 0 aromatic carbocycles. The first-order valence-corrected chi connectivity index (χ1v) is 9.12. The maximum absolute atomic E-state index is 12.5. The lowest BCUT2D eigenvalue weighted by molar-refractivity contribution is 0.0700. The molecular formula is C15H12BrN5OS. The maximum atomic E-state index is 12.5. The Balaban J connectivity index is 1.70. The molecule has 5 rings (SSSR count). The van der Waals surface area contributed by atoms with Crippen molar-refractivity contribution in [3.05, 3.63) is 27.9 Å². The van der Waals surface area contributed by atoms with Gasteiger partial charge in [-0.25, -0.2) is 9.97 Å². The molecule has 1 fully saturated rings. The Kier molecular flexibility index (Phi) is 2.73. The first kappa shape index (κ1) is 13.6. The van der Waals surface area contributed by atoms with E-state index in [1.807, 2.05) is 16.1 Å². The molecule has 0 unspecified atom stereocenters. The van der Waals surface area contributed by atoms with E-state index < -0.39 is 0 Å². The van der Waals surface area contributed by atoms with Gasteiger partial charge in [0, 0.05) is 5.39 Å². The Labute approximate surface area is 144 Å². The summed E-state index contributed by atoms with van der Waals surface area (Å²) in [5.74, 6) is -0.0582. The molecule has 2 aliphatic rings. The first-order chi connectivity index (χ1) is 11.2. The van der Waals surface area contributed by atoms with Crippen LogP contribution in [0.5, 0.6) is 0 Å². The normalized spacial score (nSPS) is 18.7. The van der Waals surface area contributed by atoms with Crippen molar-refractivity contribution in [3.8, 4) is 11.4 Å². The Morgan fingerprint density at radius 1 is 1.30 bits per heavy atom. The predicted octanol–water partition coefficient (Wildman–Crippen LogP) is 2.98. The minimum Gasteiger partial charge on any atom is -0.343 e. The van der Waals surface area contributed by atoms with E-state index in [4.69, 9.17) is 5.10 Å². The van der Waals surface area contributed by atoms with Crippen molar-refractivity contribution in [1.82, 2.24) is 25.1 Å². The van der Waals surface area contributed by atoms with Gasteiger partial charge in [-0.3, -0.25) is 9.48 Å². The predicted molar refractivity (Wildman–Crippen MR) is 90.4 cm³/mol. The number of hydrogen-bond donors (Lipinski definition) is 1. The molecule has 3 aromatic heterocycles. The van der Waals surface area contributed by atoms with Gasteiger partial charge in [-0.15, -0.1) is 11.3 Å². The second kappa shape index (κ2) is 4.61. The number of aromatic nitrogens is 4. The number of rotatable bonds is 1. The molecule has 0 atom stereocenters. The minimum atomic E-state index is -0.101. The third kappa shape index (κ3) is 1.85. The van der Waals surface area contributed by atoms with Gasteiger partial charge in [-0.1, -0.05) is 0 Å². The zero-order valence-corrected chi connectivity index (χ0v) is 14.4. The highest BCUT2D eigenvalue weighted by Gasteiger charge is 2.44. The maximum Gasteiger partial charge on any atom is 0.271 e. The fourth-order valence-electron chi connectivity index (χ4n) is 3.41. The molecule has 116 valence electrons. The van der Waals surface area contributed by atoms with Crippen LogP contribution in [0, 0.1) is 0 Å². The summed E-state index contributed by atoms with van der Waals surface area (Å²) in [6, 6.07) is 1.99. The summed E-state index contributed by atoms with van der Waals surface area (Å²) >= 11 is 5.13. The van der Waals surface area contributed by atoms with E-state index in [2.05, 4.69) is 31.2 Å². The number of thiophene rings is 1. The van der Waals surface area contributed by atoms with Gasteiger partial charge in [-0.2, -0.15) is 5.10 Å². The van der Waals surface area contributed by atoms with Crippen LogP contribution in [0.4, 0.5) is 0 Å². The number of halogens is 1. The fourth-order valence-corrected chi connectivity index (χ4v) is 4.80. The van der Waals surface area contributed by atoms with E-state index in [-0.39, 0.29) is 11.4 Å². The molecule has 1 aliphatic carbocycles. The lowest BCUT2D eigenvalue weighted by Crippen LogP contribution is -2.59. The number of amides is 1.